The minimum Gasteiger partial charge on any atom is -0.299 e. The summed E-state index contributed by atoms with van der Waals surface area (Å²) in [4.78, 5) is 21.7. The Bertz CT molecular complexity index is 236. The van der Waals surface area contributed by atoms with E-state index in [0.29, 0.717) is 12.8 Å². The van der Waals surface area contributed by atoms with Crippen molar-refractivity contribution in [2.45, 2.75) is 26.7 Å². The molecule has 0 N–H and O–H groups in total. The Morgan fingerprint density at radius 1 is 0.737 bits per heavy atom. The first kappa shape index (κ1) is 18.9. The normalized spacial score (nSPS) is 19.5. The number of ketones is 2. The molecule has 0 unspecified atom stereocenters. The molecule has 102 valence electrons. The number of hydrogen-bond acceptors (Lipinski definition) is 2. The molecule has 0 heterocycles. The van der Waals surface area contributed by atoms with Gasteiger partial charge >= 0.3 is 0 Å². The molecule has 2 aliphatic rings. The summed E-state index contributed by atoms with van der Waals surface area (Å²) in [6.07, 6.45) is 16.1. The van der Waals surface area contributed by atoms with Gasteiger partial charge in [0, 0.05) is 41.7 Å². The van der Waals surface area contributed by atoms with Crippen molar-refractivity contribution in [3.05, 3.63) is 63.2 Å². The summed E-state index contributed by atoms with van der Waals surface area (Å²) in [5.74, 6) is 2.11. The van der Waals surface area contributed by atoms with Crippen LogP contribution in [0.1, 0.15) is 26.7 Å². The van der Waals surface area contributed by atoms with Crippen molar-refractivity contribution in [2.75, 3.05) is 0 Å². The Kier molecular flexibility index (Phi) is 10.5. The number of carbonyl (C=O) groups excluding carboxylic acids is 2. The molecule has 0 spiro atoms. The molecular weight excluding hydrogens is 280 g/mol. The zero-order valence-corrected chi connectivity index (χ0v) is 12.3. The van der Waals surface area contributed by atoms with Gasteiger partial charge in [0.25, 0.3) is 0 Å². The van der Waals surface area contributed by atoms with Crippen molar-refractivity contribution in [3.8, 4) is 0 Å². The molecule has 2 saturated carbocycles. The average molecular weight is 298 g/mol. The fourth-order valence-corrected chi connectivity index (χ4v) is 1.53. The standard InChI is InChI=1S/2C8H9O.Fe/c2*1-2-8(9)7-5-3-4-6-7;/h2*3-6H,2H2,1H3;. The summed E-state index contributed by atoms with van der Waals surface area (Å²) >= 11 is 0. The zero-order valence-electron chi connectivity index (χ0n) is 11.2. The Morgan fingerprint density at radius 2 is 1.00 bits per heavy atom. The number of Topliss-reactive ketones (excluding diaryl/α,β-unsaturated/α-hetero) is 2. The van der Waals surface area contributed by atoms with Gasteiger partial charge in [-0.05, 0) is 51.4 Å². The van der Waals surface area contributed by atoms with Crippen molar-refractivity contribution >= 4 is 11.6 Å². The quantitative estimate of drug-likeness (QED) is 0.748. The Labute approximate surface area is 128 Å². The van der Waals surface area contributed by atoms with Crippen LogP contribution >= 0.6 is 0 Å². The minimum atomic E-state index is 0. The molecule has 3 heteroatoms. The monoisotopic (exact) mass is 298 g/mol. The van der Waals surface area contributed by atoms with Crippen LogP contribution in [0.4, 0.5) is 0 Å². The molecule has 0 aromatic heterocycles. The largest absolute Gasteiger partial charge is 0.299 e. The van der Waals surface area contributed by atoms with E-state index >= 15 is 0 Å². The van der Waals surface area contributed by atoms with Crippen molar-refractivity contribution in [1.29, 1.82) is 0 Å². The molecule has 2 fully saturated rings. The van der Waals surface area contributed by atoms with Gasteiger partial charge in [0.2, 0.25) is 0 Å². The molecular formula is C16H18FeO2. The van der Waals surface area contributed by atoms with E-state index in [1.807, 2.05) is 65.2 Å². The van der Waals surface area contributed by atoms with Crippen molar-refractivity contribution < 1.29 is 26.7 Å². The second-order valence-electron chi connectivity index (χ2n) is 3.90. The zero-order chi connectivity index (χ0) is 13.4. The van der Waals surface area contributed by atoms with Gasteiger partial charge in [0.1, 0.15) is 11.6 Å². The van der Waals surface area contributed by atoms with Gasteiger partial charge in [-0.1, -0.05) is 13.8 Å². The Hall–Kier alpha value is -0.141. The van der Waals surface area contributed by atoms with E-state index < -0.39 is 0 Å². The SMILES string of the molecule is CCC(=O)[C]1[CH][CH][CH][CH]1.CCC(=O)[C]1[CH][CH][CH][CH]1.[Fe]. The molecule has 0 atom stereocenters. The van der Waals surface area contributed by atoms with Crippen LogP contribution < -0.4 is 0 Å². The maximum Gasteiger partial charge on any atom is 0.140 e. The fraction of sp³-hybridized carbons (Fsp3) is 0.250. The van der Waals surface area contributed by atoms with Gasteiger partial charge in [0.05, 0.1) is 0 Å². The van der Waals surface area contributed by atoms with Crippen LogP contribution in [-0.2, 0) is 26.7 Å². The molecule has 0 aromatic rings. The second-order valence-corrected chi connectivity index (χ2v) is 3.90. The summed E-state index contributed by atoms with van der Waals surface area (Å²) in [6.45, 7) is 3.74. The number of rotatable bonds is 4. The molecule has 0 amide bonds. The van der Waals surface area contributed by atoms with Crippen LogP contribution in [0.25, 0.3) is 0 Å². The average Bonchev–Trinajstić information content (AvgIpc) is 3.09. The van der Waals surface area contributed by atoms with E-state index in [2.05, 4.69) is 0 Å². The Balaban J connectivity index is 0.000000324. The summed E-state index contributed by atoms with van der Waals surface area (Å²) in [5, 5.41) is 0. The second kappa shape index (κ2) is 10.6. The first-order valence-corrected chi connectivity index (χ1v) is 6.18. The fourth-order valence-electron chi connectivity index (χ4n) is 1.53. The summed E-state index contributed by atoms with van der Waals surface area (Å²) < 4.78 is 0. The smallest absolute Gasteiger partial charge is 0.140 e. The molecule has 0 aliphatic heterocycles. The topological polar surface area (TPSA) is 34.1 Å². The van der Waals surface area contributed by atoms with Crippen molar-refractivity contribution in [3.63, 3.8) is 0 Å². The van der Waals surface area contributed by atoms with Gasteiger partial charge < -0.3 is 0 Å². The van der Waals surface area contributed by atoms with Crippen LogP contribution in [-0.4, -0.2) is 11.6 Å². The summed E-state index contributed by atoms with van der Waals surface area (Å²) in [5.41, 5.74) is 0. The molecule has 2 rings (SSSR count). The van der Waals surface area contributed by atoms with E-state index in [9.17, 15) is 9.59 Å². The molecule has 2 nitrogen and oxygen atoms in total. The van der Waals surface area contributed by atoms with Gasteiger partial charge in [-0.25, -0.2) is 0 Å². The van der Waals surface area contributed by atoms with Crippen LogP contribution in [0.3, 0.4) is 0 Å². The maximum atomic E-state index is 10.9. The Morgan fingerprint density at radius 3 is 1.21 bits per heavy atom. The van der Waals surface area contributed by atoms with Gasteiger partial charge in [-0.15, -0.1) is 0 Å². The maximum absolute atomic E-state index is 10.9. The molecule has 0 aromatic carbocycles. The summed E-state index contributed by atoms with van der Waals surface area (Å²) in [7, 11) is 0. The van der Waals surface area contributed by atoms with Gasteiger partial charge in [0.15, 0.2) is 0 Å². The number of carbonyl (C=O) groups is 2. The van der Waals surface area contributed by atoms with E-state index in [0.717, 1.165) is 11.8 Å². The van der Waals surface area contributed by atoms with Crippen LogP contribution in [0.2, 0.25) is 0 Å². The van der Waals surface area contributed by atoms with Crippen molar-refractivity contribution in [2.24, 2.45) is 0 Å². The third kappa shape index (κ3) is 6.72. The van der Waals surface area contributed by atoms with Gasteiger partial charge in [-0.3, -0.25) is 9.59 Å². The van der Waals surface area contributed by atoms with E-state index in [4.69, 9.17) is 0 Å². The first-order chi connectivity index (χ1) is 8.69. The van der Waals surface area contributed by atoms with Crippen LogP contribution in [0.5, 0.6) is 0 Å². The number of hydrogen-bond donors (Lipinski definition) is 0. The van der Waals surface area contributed by atoms with Crippen LogP contribution in [0, 0.1) is 63.2 Å². The van der Waals surface area contributed by atoms with Gasteiger partial charge in [-0.2, -0.15) is 0 Å². The predicted molar refractivity (Wildman–Crippen MR) is 71.5 cm³/mol. The molecule has 10 radical (unpaired) electrons. The summed E-state index contributed by atoms with van der Waals surface area (Å²) in [6, 6.07) is 0. The molecule has 2 aliphatic carbocycles. The third-order valence-corrected chi connectivity index (χ3v) is 2.61. The molecule has 0 bridgehead atoms. The van der Waals surface area contributed by atoms with Crippen LogP contribution in [0.15, 0.2) is 0 Å². The third-order valence-electron chi connectivity index (χ3n) is 2.61. The van der Waals surface area contributed by atoms with E-state index in [1.165, 1.54) is 0 Å². The predicted octanol–water partition coefficient (Wildman–Crippen LogP) is 2.74. The minimum absolute atomic E-state index is 0. The first-order valence-electron chi connectivity index (χ1n) is 6.18. The molecule has 0 saturated heterocycles. The molecule has 19 heavy (non-hydrogen) atoms. The van der Waals surface area contributed by atoms with E-state index in [-0.39, 0.29) is 28.6 Å². The van der Waals surface area contributed by atoms with Crippen molar-refractivity contribution in [1.82, 2.24) is 0 Å². The van der Waals surface area contributed by atoms with E-state index in [1.54, 1.807) is 0 Å².